The van der Waals surface area contributed by atoms with Crippen molar-refractivity contribution in [1.29, 1.82) is 0 Å². The van der Waals surface area contributed by atoms with Crippen LogP contribution in [0.2, 0.25) is 0 Å². The average molecular weight is 268 g/mol. The second kappa shape index (κ2) is 6.23. The van der Waals surface area contributed by atoms with Gasteiger partial charge in [0.15, 0.2) is 0 Å². The quantitative estimate of drug-likeness (QED) is 0.819. The summed E-state index contributed by atoms with van der Waals surface area (Å²) in [4.78, 5) is 11.5. The molecule has 2 fully saturated rings. The van der Waals surface area contributed by atoms with Crippen LogP contribution in [-0.2, 0) is 9.53 Å². The number of amides is 1. The third-order valence-electron chi connectivity index (χ3n) is 4.93. The van der Waals surface area contributed by atoms with E-state index in [0.29, 0.717) is 18.9 Å². The van der Waals surface area contributed by atoms with E-state index in [1.165, 1.54) is 25.7 Å². The van der Waals surface area contributed by atoms with Crippen LogP contribution in [0, 0.1) is 5.92 Å². The van der Waals surface area contributed by atoms with Gasteiger partial charge in [-0.1, -0.05) is 26.2 Å². The Kier molecular flexibility index (Phi) is 4.85. The number of ether oxygens (including phenoxy) is 1. The van der Waals surface area contributed by atoms with E-state index in [2.05, 4.69) is 6.92 Å². The van der Waals surface area contributed by atoms with Crippen molar-refractivity contribution < 1.29 is 9.53 Å². The van der Waals surface area contributed by atoms with E-state index in [1.807, 2.05) is 0 Å². The molecule has 2 rings (SSSR count). The molecular formula is C15H28N2O2. The first kappa shape index (κ1) is 14.8. The minimum Gasteiger partial charge on any atom is -0.375 e. The Labute approximate surface area is 116 Å². The van der Waals surface area contributed by atoms with Gasteiger partial charge in [0.2, 0.25) is 5.91 Å². The first-order chi connectivity index (χ1) is 9.03. The first-order valence-corrected chi connectivity index (χ1v) is 7.77. The van der Waals surface area contributed by atoms with Crippen molar-refractivity contribution in [3.8, 4) is 0 Å². The molecule has 0 heterocycles. The standard InChI is InChI=1S/C15H28N2O2/c1-2-11-5-3-6-12(9-11)19-13-7-4-8-15(17,10-13)14(16)18/h11-13H,2-10,17H2,1H3,(H2,16,18). The lowest BCUT2D eigenvalue weighted by molar-refractivity contribution is -0.128. The van der Waals surface area contributed by atoms with Crippen molar-refractivity contribution >= 4 is 5.91 Å². The van der Waals surface area contributed by atoms with Gasteiger partial charge in [-0.15, -0.1) is 0 Å². The molecule has 4 N–H and O–H groups in total. The van der Waals surface area contributed by atoms with Gasteiger partial charge < -0.3 is 16.2 Å². The fourth-order valence-electron chi connectivity index (χ4n) is 3.60. The highest BCUT2D eigenvalue weighted by atomic mass is 16.5. The summed E-state index contributed by atoms with van der Waals surface area (Å²) in [6.07, 6.45) is 9.89. The van der Waals surface area contributed by atoms with Gasteiger partial charge in [-0.3, -0.25) is 4.79 Å². The monoisotopic (exact) mass is 268 g/mol. The molecular weight excluding hydrogens is 240 g/mol. The lowest BCUT2D eigenvalue weighted by Gasteiger charge is -2.38. The van der Waals surface area contributed by atoms with Crippen molar-refractivity contribution in [3.05, 3.63) is 0 Å². The largest absolute Gasteiger partial charge is 0.375 e. The van der Waals surface area contributed by atoms with Crippen LogP contribution in [-0.4, -0.2) is 23.7 Å². The Hall–Kier alpha value is -0.610. The maximum atomic E-state index is 11.5. The number of hydrogen-bond acceptors (Lipinski definition) is 3. The number of rotatable bonds is 4. The predicted octanol–water partition coefficient (Wildman–Crippen LogP) is 2.10. The molecule has 1 amide bonds. The van der Waals surface area contributed by atoms with Gasteiger partial charge in [0.25, 0.3) is 0 Å². The molecule has 4 unspecified atom stereocenters. The SMILES string of the molecule is CCC1CCCC(OC2CCCC(N)(C(N)=O)C2)C1. The molecule has 0 aromatic heterocycles. The first-order valence-electron chi connectivity index (χ1n) is 7.77. The predicted molar refractivity (Wildman–Crippen MR) is 75.5 cm³/mol. The van der Waals surface area contributed by atoms with Crippen molar-refractivity contribution in [1.82, 2.24) is 0 Å². The summed E-state index contributed by atoms with van der Waals surface area (Å²) in [7, 11) is 0. The molecule has 0 radical (unpaired) electrons. The second-order valence-corrected chi connectivity index (χ2v) is 6.44. The molecule has 110 valence electrons. The maximum absolute atomic E-state index is 11.5. The van der Waals surface area contributed by atoms with Crippen molar-refractivity contribution in [2.45, 2.75) is 82.5 Å². The molecule has 0 aliphatic heterocycles. The van der Waals surface area contributed by atoms with E-state index >= 15 is 0 Å². The minimum atomic E-state index is -0.845. The Balaban J connectivity index is 1.87. The lowest BCUT2D eigenvalue weighted by Crippen LogP contribution is -2.56. The van der Waals surface area contributed by atoms with Crippen LogP contribution < -0.4 is 11.5 Å². The molecule has 0 aromatic rings. The van der Waals surface area contributed by atoms with Crippen molar-refractivity contribution in [2.24, 2.45) is 17.4 Å². The smallest absolute Gasteiger partial charge is 0.237 e. The second-order valence-electron chi connectivity index (χ2n) is 6.44. The minimum absolute atomic E-state index is 0.117. The van der Waals surface area contributed by atoms with E-state index in [-0.39, 0.29) is 12.0 Å². The summed E-state index contributed by atoms with van der Waals surface area (Å²) in [5.41, 5.74) is 10.7. The van der Waals surface area contributed by atoms with Crippen molar-refractivity contribution in [2.75, 3.05) is 0 Å². The third kappa shape index (κ3) is 3.69. The number of carbonyl (C=O) groups is 1. The van der Waals surface area contributed by atoms with Crippen LogP contribution in [0.15, 0.2) is 0 Å². The average Bonchev–Trinajstić information content (AvgIpc) is 2.39. The summed E-state index contributed by atoms with van der Waals surface area (Å²) < 4.78 is 6.22. The van der Waals surface area contributed by atoms with Gasteiger partial charge in [-0.2, -0.15) is 0 Å². The Morgan fingerprint density at radius 1 is 1.26 bits per heavy atom. The molecule has 4 atom stereocenters. The number of primary amides is 1. The highest BCUT2D eigenvalue weighted by Gasteiger charge is 2.39. The summed E-state index contributed by atoms with van der Waals surface area (Å²) in [6.45, 7) is 2.26. The van der Waals surface area contributed by atoms with Crippen LogP contribution >= 0.6 is 0 Å². The zero-order chi connectivity index (χ0) is 13.9. The van der Waals surface area contributed by atoms with Gasteiger partial charge >= 0.3 is 0 Å². The van der Waals surface area contributed by atoms with E-state index in [9.17, 15) is 4.79 Å². The molecule has 0 aromatic carbocycles. The van der Waals surface area contributed by atoms with E-state index < -0.39 is 5.54 Å². The molecule has 0 spiro atoms. The molecule has 0 saturated heterocycles. The molecule has 4 nitrogen and oxygen atoms in total. The van der Waals surface area contributed by atoms with Gasteiger partial charge in [0.1, 0.15) is 0 Å². The normalized spacial score (nSPS) is 40.0. The number of carbonyl (C=O) groups excluding carboxylic acids is 1. The van der Waals surface area contributed by atoms with Crippen LogP contribution in [0.4, 0.5) is 0 Å². The summed E-state index contributed by atoms with van der Waals surface area (Å²) in [5, 5.41) is 0. The molecule has 4 heteroatoms. The summed E-state index contributed by atoms with van der Waals surface area (Å²) in [6, 6.07) is 0. The van der Waals surface area contributed by atoms with E-state index in [0.717, 1.165) is 25.2 Å². The molecule has 2 saturated carbocycles. The summed E-state index contributed by atoms with van der Waals surface area (Å²) in [5.74, 6) is 0.428. The van der Waals surface area contributed by atoms with E-state index in [4.69, 9.17) is 16.2 Å². The van der Waals surface area contributed by atoms with Crippen LogP contribution in [0.3, 0.4) is 0 Å². The molecule has 2 aliphatic rings. The highest BCUT2D eigenvalue weighted by Crippen LogP contribution is 2.33. The van der Waals surface area contributed by atoms with E-state index in [1.54, 1.807) is 0 Å². The van der Waals surface area contributed by atoms with Crippen LogP contribution in [0.25, 0.3) is 0 Å². The Morgan fingerprint density at radius 3 is 2.68 bits per heavy atom. The van der Waals surface area contributed by atoms with Crippen molar-refractivity contribution in [3.63, 3.8) is 0 Å². The Morgan fingerprint density at radius 2 is 2.00 bits per heavy atom. The highest BCUT2D eigenvalue weighted by molar-refractivity contribution is 5.84. The third-order valence-corrected chi connectivity index (χ3v) is 4.93. The maximum Gasteiger partial charge on any atom is 0.237 e. The lowest BCUT2D eigenvalue weighted by atomic mass is 9.80. The molecule has 2 aliphatic carbocycles. The fraction of sp³-hybridized carbons (Fsp3) is 0.933. The van der Waals surface area contributed by atoms with Crippen LogP contribution in [0.5, 0.6) is 0 Å². The zero-order valence-corrected chi connectivity index (χ0v) is 12.1. The van der Waals surface area contributed by atoms with Gasteiger partial charge in [0, 0.05) is 6.42 Å². The summed E-state index contributed by atoms with van der Waals surface area (Å²) >= 11 is 0. The number of hydrogen-bond donors (Lipinski definition) is 2. The molecule has 0 bridgehead atoms. The molecule has 19 heavy (non-hydrogen) atoms. The fourth-order valence-corrected chi connectivity index (χ4v) is 3.60. The Bertz CT molecular complexity index is 321. The van der Waals surface area contributed by atoms with Gasteiger partial charge in [0.05, 0.1) is 17.7 Å². The topological polar surface area (TPSA) is 78.3 Å². The van der Waals surface area contributed by atoms with Gasteiger partial charge in [-0.05, 0) is 38.0 Å². The van der Waals surface area contributed by atoms with Gasteiger partial charge in [-0.25, -0.2) is 0 Å². The zero-order valence-electron chi connectivity index (χ0n) is 12.1. The number of nitrogens with two attached hydrogens (primary N) is 2. The van der Waals surface area contributed by atoms with Crippen LogP contribution in [0.1, 0.15) is 64.7 Å².